The molecule has 0 aliphatic carbocycles. The fraction of sp³-hybridized carbons (Fsp3) is 0.667. The first-order chi connectivity index (χ1) is 11.9. The molecular formula is C15H27N2O7P. The van der Waals surface area contributed by atoms with Gasteiger partial charge in [-0.15, -0.1) is 0 Å². The average Bonchev–Trinajstić information content (AvgIpc) is 2.55. The second-order valence-electron chi connectivity index (χ2n) is 5.39. The Morgan fingerprint density at radius 1 is 1.28 bits per heavy atom. The first-order valence-corrected chi connectivity index (χ1v) is 9.99. The Balaban J connectivity index is 2.82. The lowest BCUT2D eigenvalue weighted by Gasteiger charge is -2.26. The second-order valence-corrected chi connectivity index (χ2v) is 7.75. The molecule has 0 aliphatic heterocycles. The second kappa shape index (κ2) is 11.5. The van der Waals surface area contributed by atoms with Gasteiger partial charge in [0.25, 0.3) is 0 Å². The minimum Gasteiger partial charge on any atom is -0.382 e. The lowest BCUT2D eigenvalue weighted by atomic mass is 10.4. The van der Waals surface area contributed by atoms with E-state index < -0.39 is 25.4 Å². The standard InChI is InChI=1S/C15H27N2O7P/c1-20-8-9-22-12-14(17-7-5-6-16-15(17)18)24-13(10-21-2)11-23-25(3,4)19/h5-7,13-14,19H,3,8-12H2,1-2,4H3/t13-,14-,25?/m1/s1. The normalized spacial score (nSPS) is 16.3. The molecule has 0 radical (unpaired) electrons. The summed E-state index contributed by atoms with van der Waals surface area (Å²) in [6, 6.07) is 1.63. The van der Waals surface area contributed by atoms with Crippen LogP contribution in [0.4, 0.5) is 0 Å². The monoisotopic (exact) mass is 378 g/mol. The van der Waals surface area contributed by atoms with E-state index in [0.29, 0.717) is 13.2 Å². The zero-order valence-electron chi connectivity index (χ0n) is 14.9. The summed E-state index contributed by atoms with van der Waals surface area (Å²) in [4.78, 5) is 25.4. The quantitative estimate of drug-likeness (QED) is 0.388. The highest BCUT2D eigenvalue weighted by Crippen LogP contribution is 2.36. The Kier molecular flexibility index (Phi) is 10.1. The maximum absolute atomic E-state index is 12.0. The van der Waals surface area contributed by atoms with Crippen LogP contribution in [0.5, 0.6) is 0 Å². The number of methoxy groups -OCH3 is 2. The first-order valence-electron chi connectivity index (χ1n) is 7.69. The molecule has 0 saturated heterocycles. The van der Waals surface area contributed by atoms with Gasteiger partial charge in [-0.3, -0.25) is 4.57 Å². The van der Waals surface area contributed by atoms with Crippen LogP contribution < -0.4 is 5.69 Å². The van der Waals surface area contributed by atoms with Crippen molar-refractivity contribution in [2.24, 2.45) is 0 Å². The summed E-state index contributed by atoms with van der Waals surface area (Å²) < 4.78 is 28.1. The van der Waals surface area contributed by atoms with Gasteiger partial charge in [0, 0.05) is 33.3 Å². The minimum absolute atomic E-state index is 0.0711. The molecule has 0 spiro atoms. The van der Waals surface area contributed by atoms with Crippen LogP contribution in [0.1, 0.15) is 6.23 Å². The summed E-state index contributed by atoms with van der Waals surface area (Å²) in [7, 11) is 0.432. The van der Waals surface area contributed by atoms with E-state index in [-0.39, 0.29) is 19.8 Å². The lowest BCUT2D eigenvalue weighted by Crippen LogP contribution is -2.36. The molecule has 3 atom stereocenters. The van der Waals surface area contributed by atoms with Gasteiger partial charge in [-0.2, -0.15) is 0 Å². The number of rotatable bonds is 13. The lowest BCUT2D eigenvalue weighted by molar-refractivity contribution is -0.127. The van der Waals surface area contributed by atoms with Gasteiger partial charge >= 0.3 is 5.69 Å². The highest BCUT2D eigenvalue weighted by molar-refractivity contribution is 7.62. The van der Waals surface area contributed by atoms with Crippen molar-refractivity contribution < 1.29 is 28.4 Å². The highest BCUT2D eigenvalue weighted by atomic mass is 31.2. The van der Waals surface area contributed by atoms with Crippen molar-refractivity contribution in [1.82, 2.24) is 9.55 Å². The molecule has 9 nitrogen and oxygen atoms in total. The predicted molar refractivity (Wildman–Crippen MR) is 95.1 cm³/mol. The van der Waals surface area contributed by atoms with E-state index in [1.165, 1.54) is 24.5 Å². The van der Waals surface area contributed by atoms with Gasteiger partial charge in [0.2, 0.25) is 0 Å². The van der Waals surface area contributed by atoms with Crippen LogP contribution in [-0.2, 0) is 23.5 Å². The fourth-order valence-electron chi connectivity index (χ4n) is 1.88. The Morgan fingerprint density at radius 2 is 2.04 bits per heavy atom. The molecule has 1 N–H and O–H groups in total. The number of aromatic nitrogens is 2. The van der Waals surface area contributed by atoms with Crippen molar-refractivity contribution in [3.05, 3.63) is 28.9 Å². The van der Waals surface area contributed by atoms with Gasteiger partial charge in [-0.1, -0.05) is 6.30 Å². The summed E-state index contributed by atoms with van der Waals surface area (Å²) in [5.41, 5.74) is -0.461. The Morgan fingerprint density at radius 3 is 2.64 bits per heavy atom. The van der Waals surface area contributed by atoms with Crippen molar-refractivity contribution in [3.63, 3.8) is 0 Å². The first kappa shape index (κ1) is 22.0. The van der Waals surface area contributed by atoms with Gasteiger partial charge in [-0.25, -0.2) is 9.78 Å². The van der Waals surface area contributed by atoms with E-state index >= 15 is 0 Å². The van der Waals surface area contributed by atoms with Gasteiger partial charge in [0.1, 0.15) is 13.4 Å². The van der Waals surface area contributed by atoms with Gasteiger partial charge in [0.05, 0.1) is 33.0 Å². The summed E-state index contributed by atoms with van der Waals surface area (Å²) in [5, 5.41) is 0. The number of ether oxygens (including phenoxy) is 4. The SMILES string of the molecule is C=P(C)(O)OC[C@@H](COC)O[C@H](COCCOC)n1cccnc1=O. The van der Waals surface area contributed by atoms with Crippen LogP contribution in [-0.4, -0.2) is 80.8 Å². The molecule has 0 saturated carbocycles. The summed E-state index contributed by atoms with van der Waals surface area (Å²) in [6.45, 7) is 2.70. The van der Waals surface area contributed by atoms with Crippen LogP contribution in [0.2, 0.25) is 0 Å². The molecule has 0 bridgehead atoms. The third-order valence-electron chi connectivity index (χ3n) is 2.98. The number of hydrogen-bond acceptors (Lipinski definition) is 8. The minimum atomic E-state index is -2.66. The predicted octanol–water partition coefficient (Wildman–Crippen LogP) is 0.355. The average molecular weight is 378 g/mol. The van der Waals surface area contributed by atoms with Crippen LogP contribution >= 0.6 is 7.34 Å². The summed E-state index contributed by atoms with van der Waals surface area (Å²) >= 11 is 0. The molecule has 1 heterocycles. The third kappa shape index (κ3) is 9.27. The van der Waals surface area contributed by atoms with Crippen molar-refractivity contribution in [3.8, 4) is 0 Å². The molecule has 0 fully saturated rings. The third-order valence-corrected chi connectivity index (χ3v) is 3.69. The summed E-state index contributed by atoms with van der Waals surface area (Å²) in [5.74, 6) is 0. The molecule has 0 amide bonds. The van der Waals surface area contributed by atoms with Crippen molar-refractivity contribution in [2.45, 2.75) is 12.3 Å². The summed E-state index contributed by atoms with van der Waals surface area (Å²) in [6.07, 6.45) is 5.28. The molecule has 1 rings (SSSR count). The van der Waals surface area contributed by atoms with E-state index in [4.69, 9.17) is 23.5 Å². The molecular weight excluding hydrogens is 351 g/mol. The van der Waals surface area contributed by atoms with E-state index in [0.717, 1.165) is 0 Å². The van der Waals surface area contributed by atoms with Crippen LogP contribution in [0.3, 0.4) is 0 Å². The molecule has 10 heteroatoms. The van der Waals surface area contributed by atoms with Gasteiger partial charge in [0.15, 0.2) is 6.23 Å². The highest BCUT2D eigenvalue weighted by Gasteiger charge is 2.21. The fourth-order valence-corrected chi connectivity index (χ4v) is 2.37. The Hall–Kier alpha value is -1.06. The topological polar surface area (TPSA) is 101 Å². The molecule has 144 valence electrons. The smallest absolute Gasteiger partial charge is 0.349 e. The van der Waals surface area contributed by atoms with Crippen LogP contribution in [0.15, 0.2) is 23.3 Å². The van der Waals surface area contributed by atoms with E-state index in [1.807, 2.05) is 0 Å². The van der Waals surface area contributed by atoms with Crippen LogP contribution in [0, 0.1) is 0 Å². The Bertz CT molecular complexity index is 589. The molecule has 0 aromatic carbocycles. The van der Waals surface area contributed by atoms with Crippen molar-refractivity contribution in [1.29, 1.82) is 0 Å². The van der Waals surface area contributed by atoms with E-state index in [2.05, 4.69) is 11.3 Å². The van der Waals surface area contributed by atoms with Crippen molar-refractivity contribution >= 4 is 13.6 Å². The van der Waals surface area contributed by atoms with Gasteiger partial charge < -0.3 is 28.4 Å². The molecule has 1 aromatic heterocycles. The molecule has 1 unspecified atom stereocenters. The number of nitrogens with zero attached hydrogens (tertiary/aromatic N) is 2. The van der Waals surface area contributed by atoms with E-state index in [1.54, 1.807) is 19.4 Å². The van der Waals surface area contributed by atoms with E-state index in [9.17, 15) is 9.69 Å². The molecule has 1 aromatic rings. The van der Waals surface area contributed by atoms with Gasteiger partial charge in [-0.05, 0) is 6.07 Å². The van der Waals surface area contributed by atoms with Crippen molar-refractivity contribution in [2.75, 3.05) is 53.9 Å². The maximum atomic E-state index is 12.0. The zero-order valence-corrected chi connectivity index (χ0v) is 15.8. The Labute approximate surface area is 147 Å². The number of hydrogen-bond donors (Lipinski definition) is 1. The van der Waals surface area contributed by atoms with Crippen LogP contribution in [0.25, 0.3) is 0 Å². The molecule has 0 aliphatic rings. The molecule has 25 heavy (non-hydrogen) atoms. The maximum Gasteiger partial charge on any atom is 0.349 e. The zero-order chi connectivity index (χ0) is 18.7. The largest absolute Gasteiger partial charge is 0.382 e.